The van der Waals surface area contributed by atoms with Crippen molar-refractivity contribution >= 4 is 11.6 Å². The van der Waals surface area contributed by atoms with E-state index in [0.717, 1.165) is 24.0 Å². The van der Waals surface area contributed by atoms with Crippen molar-refractivity contribution in [3.05, 3.63) is 65.2 Å². The minimum absolute atomic E-state index is 0.00465. The molecule has 1 aromatic heterocycles. The lowest BCUT2D eigenvalue weighted by molar-refractivity contribution is -0.0517. The van der Waals surface area contributed by atoms with Crippen molar-refractivity contribution in [3.63, 3.8) is 0 Å². The van der Waals surface area contributed by atoms with Crippen LogP contribution in [-0.4, -0.2) is 16.6 Å². The highest BCUT2D eigenvalue weighted by Gasteiger charge is 2.20. The molecule has 2 aromatic carbocycles. The maximum absolute atomic E-state index is 14.2. The lowest BCUT2D eigenvalue weighted by Crippen LogP contribution is -2.06. The Morgan fingerprint density at radius 2 is 1.66 bits per heavy atom. The highest BCUT2D eigenvalue weighted by molar-refractivity contribution is 6.31. The van der Waals surface area contributed by atoms with Gasteiger partial charge in [0.05, 0.1) is 10.6 Å². The molecule has 0 atom stereocenters. The van der Waals surface area contributed by atoms with Crippen LogP contribution in [0.3, 0.4) is 0 Å². The fourth-order valence-electron chi connectivity index (χ4n) is 2.97. The van der Waals surface area contributed by atoms with Crippen LogP contribution in [0.1, 0.15) is 31.7 Å². The summed E-state index contributed by atoms with van der Waals surface area (Å²) in [5.41, 5.74) is 2.97. The van der Waals surface area contributed by atoms with Gasteiger partial charge < -0.3 is 4.74 Å². The van der Waals surface area contributed by atoms with Crippen LogP contribution in [0.25, 0.3) is 22.5 Å². The average molecular weight is 421 g/mol. The summed E-state index contributed by atoms with van der Waals surface area (Å²) in [5, 5.41) is -0.319. The molecule has 7 heteroatoms. The molecule has 0 radical (unpaired) electrons. The van der Waals surface area contributed by atoms with E-state index in [1.54, 1.807) is 12.4 Å². The number of ether oxygens (including phenoxy) is 1. The minimum atomic E-state index is -3.20. The molecule has 0 saturated carbocycles. The summed E-state index contributed by atoms with van der Waals surface area (Å²) in [4.78, 5) is 8.40. The van der Waals surface area contributed by atoms with E-state index >= 15 is 0 Å². The molecule has 0 aliphatic carbocycles. The SMILES string of the molecule is CCCCCc1ccc(-c2cnc(-c3ccc(Cl)c(F)c3OC(F)F)nc2)cc1. The van der Waals surface area contributed by atoms with Gasteiger partial charge in [0, 0.05) is 18.0 Å². The van der Waals surface area contributed by atoms with E-state index in [1.165, 1.54) is 30.5 Å². The number of halogens is 4. The first-order valence-corrected chi connectivity index (χ1v) is 9.72. The highest BCUT2D eigenvalue weighted by Crippen LogP contribution is 2.35. The van der Waals surface area contributed by atoms with Crippen molar-refractivity contribution in [2.45, 2.75) is 39.2 Å². The second-order valence-corrected chi connectivity index (χ2v) is 6.97. The van der Waals surface area contributed by atoms with Crippen molar-refractivity contribution < 1.29 is 17.9 Å². The number of nitrogens with zero attached hydrogens (tertiary/aromatic N) is 2. The van der Waals surface area contributed by atoms with E-state index in [2.05, 4.69) is 33.8 Å². The summed E-state index contributed by atoms with van der Waals surface area (Å²) in [6.07, 6.45) is 7.72. The van der Waals surface area contributed by atoms with E-state index in [-0.39, 0.29) is 16.4 Å². The zero-order valence-corrected chi connectivity index (χ0v) is 16.6. The number of hydrogen-bond acceptors (Lipinski definition) is 3. The molecule has 0 saturated heterocycles. The van der Waals surface area contributed by atoms with Gasteiger partial charge in [-0.05, 0) is 36.1 Å². The third kappa shape index (κ3) is 5.26. The molecule has 0 aliphatic heterocycles. The lowest BCUT2D eigenvalue weighted by atomic mass is 10.0. The van der Waals surface area contributed by atoms with Gasteiger partial charge in [0.2, 0.25) is 0 Å². The Bertz CT molecular complexity index is 948. The molecule has 0 N–H and O–H groups in total. The molecule has 1 heterocycles. The number of alkyl halides is 2. The third-order valence-electron chi connectivity index (χ3n) is 4.51. The van der Waals surface area contributed by atoms with Crippen LogP contribution in [-0.2, 0) is 6.42 Å². The molecule has 0 unspecified atom stereocenters. The Labute approximate surface area is 172 Å². The summed E-state index contributed by atoms with van der Waals surface area (Å²) in [6, 6.07) is 10.7. The molecule has 29 heavy (non-hydrogen) atoms. The van der Waals surface area contributed by atoms with E-state index in [9.17, 15) is 13.2 Å². The van der Waals surface area contributed by atoms with Gasteiger partial charge in [-0.2, -0.15) is 8.78 Å². The van der Waals surface area contributed by atoms with Crippen LogP contribution in [0.2, 0.25) is 5.02 Å². The van der Waals surface area contributed by atoms with Crippen LogP contribution in [0.5, 0.6) is 5.75 Å². The zero-order chi connectivity index (χ0) is 20.8. The number of aryl methyl sites for hydroxylation is 1. The standard InChI is InChI=1S/C22H20ClF3N2O/c1-2-3-4-5-14-6-8-15(9-7-14)16-12-27-21(28-13-16)17-10-11-18(23)19(24)20(17)29-22(25)26/h6-13,22H,2-5H2,1H3. The Kier molecular flexibility index (Phi) is 7.09. The second kappa shape index (κ2) is 9.74. The predicted octanol–water partition coefficient (Wildman–Crippen LogP) is 6.94. The Balaban J connectivity index is 1.83. The van der Waals surface area contributed by atoms with Crippen LogP contribution >= 0.6 is 11.6 Å². The number of benzene rings is 2. The van der Waals surface area contributed by atoms with E-state index in [1.807, 2.05) is 12.1 Å². The molecular weight excluding hydrogens is 401 g/mol. The Hall–Kier alpha value is -2.60. The second-order valence-electron chi connectivity index (χ2n) is 6.57. The molecule has 3 rings (SSSR count). The number of aromatic nitrogens is 2. The third-order valence-corrected chi connectivity index (χ3v) is 4.80. The van der Waals surface area contributed by atoms with Crippen molar-refractivity contribution in [2.24, 2.45) is 0 Å². The van der Waals surface area contributed by atoms with Crippen LogP contribution < -0.4 is 4.74 Å². The van der Waals surface area contributed by atoms with Crippen molar-refractivity contribution in [3.8, 4) is 28.3 Å². The Morgan fingerprint density at radius 1 is 0.966 bits per heavy atom. The first-order chi connectivity index (χ1) is 14.0. The van der Waals surface area contributed by atoms with Gasteiger partial charge in [0.1, 0.15) is 0 Å². The monoisotopic (exact) mass is 420 g/mol. The molecule has 0 fully saturated rings. The average Bonchev–Trinajstić information content (AvgIpc) is 2.72. The molecular formula is C22H20ClF3N2O. The summed E-state index contributed by atoms with van der Waals surface area (Å²) in [7, 11) is 0. The quantitative estimate of drug-likeness (QED) is 0.370. The van der Waals surface area contributed by atoms with Gasteiger partial charge in [-0.1, -0.05) is 55.6 Å². The van der Waals surface area contributed by atoms with Gasteiger partial charge in [-0.15, -0.1) is 0 Å². The molecule has 3 nitrogen and oxygen atoms in total. The number of rotatable bonds is 8. The molecule has 152 valence electrons. The van der Waals surface area contributed by atoms with Gasteiger partial charge in [0.15, 0.2) is 17.4 Å². The number of hydrogen-bond donors (Lipinski definition) is 0. The van der Waals surface area contributed by atoms with Gasteiger partial charge in [0.25, 0.3) is 0 Å². The molecule has 0 spiro atoms. The smallest absolute Gasteiger partial charge is 0.387 e. The fourth-order valence-corrected chi connectivity index (χ4v) is 3.12. The largest absolute Gasteiger partial charge is 0.431 e. The molecule has 0 bridgehead atoms. The van der Waals surface area contributed by atoms with Crippen molar-refractivity contribution in [2.75, 3.05) is 0 Å². The van der Waals surface area contributed by atoms with Gasteiger partial charge in [-0.3, -0.25) is 0 Å². The molecule has 0 amide bonds. The zero-order valence-electron chi connectivity index (χ0n) is 15.8. The Morgan fingerprint density at radius 3 is 2.28 bits per heavy atom. The maximum Gasteiger partial charge on any atom is 0.387 e. The molecule has 0 aliphatic rings. The maximum atomic E-state index is 14.2. The number of unbranched alkanes of at least 4 members (excludes halogenated alkanes) is 2. The normalized spacial score (nSPS) is 11.1. The van der Waals surface area contributed by atoms with Crippen molar-refractivity contribution in [1.29, 1.82) is 0 Å². The van der Waals surface area contributed by atoms with Crippen LogP contribution in [0, 0.1) is 5.82 Å². The summed E-state index contributed by atoms with van der Waals surface area (Å²) >= 11 is 5.67. The lowest BCUT2D eigenvalue weighted by Gasteiger charge is -2.12. The highest BCUT2D eigenvalue weighted by atomic mass is 35.5. The summed E-state index contributed by atoms with van der Waals surface area (Å²) in [5.74, 6) is -1.68. The topological polar surface area (TPSA) is 35.0 Å². The van der Waals surface area contributed by atoms with E-state index in [0.29, 0.717) is 0 Å². The van der Waals surface area contributed by atoms with E-state index < -0.39 is 18.2 Å². The van der Waals surface area contributed by atoms with E-state index in [4.69, 9.17) is 11.6 Å². The first kappa shape index (κ1) is 21.1. The van der Waals surface area contributed by atoms with Crippen LogP contribution in [0.4, 0.5) is 13.2 Å². The summed E-state index contributed by atoms with van der Waals surface area (Å²) < 4.78 is 43.8. The van der Waals surface area contributed by atoms with Gasteiger partial charge in [-0.25, -0.2) is 14.4 Å². The fraction of sp³-hybridized carbons (Fsp3) is 0.273. The van der Waals surface area contributed by atoms with Crippen molar-refractivity contribution in [1.82, 2.24) is 9.97 Å². The molecule has 3 aromatic rings. The summed E-state index contributed by atoms with van der Waals surface area (Å²) in [6.45, 7) is -1.02. The van der Waals surface area contributed by atoms with Gasteiger partial charge >= 0.3 is 6.61 Å². The first-order valence-electron chi connectivity index (χ1n) is 9.34. The van der Waals surface area contributed by atoms with Crippen LogP contribution in [0.15, 0.2) is 48.8 Å². The minimum Gasteiger partial charge on any atom is -0.431 e. The predicted molar refractivity (Wildman–Crippen MR) is 108 cm³/mol.